The number of nitrogens with zero attached hydrogens (tertiary/aromatic N) is 2. The molecule has 0 saturated heterocycles. The summed E-state index contributed by atoms with van der Waals surface area (Å²) in [6.07, 6.45) is 5.40. The van der Waals surface area contributed by atoms with Crippen LogP contribution in [0.5, 0.6) is 0 Å². The summed E-state index contributed by atoms with van der Waals surface area (Å²) < 4.78 is 27.0. The Morgan fingerprint density at radius 2 is 1.71 bits per heavy atom. The van der Waals surface area contributed by atoms with Gasteiger partial charge in [0.05, 0.1) is 22.5 Å². The molecule has 1 aromatic heterocycles. The van der Waals surface area contributed by atoms with Gasteiger partial charge < -0.3 is 5.73 Å². The fraction of sp³-hybridized carbons (Fsp3) is 0.286. The van der Waals surface area contributed by atoms with E-state index < -0.39 is 10.0 Å². The Morgan fingerprint density at radius 3 is 2.43 bits per heavy atom. The van der Waals surface area contributed by atoms with Crippen molar-refractivity contribution in [3.63, 3.8) is 0 Å². The SMILES string of the molecule is Nc1ccc(S(=O)(=O)Nc2cnc3c(n2)CCCC3)cc1. The maximum absolute atomic E-state index is 12.3. The lowest BCUT2D eigenvalue weighted by atomic mass is 10.0. The van der Waals surface area contributed by atoms with Gasteiger partial charge in [0.25, 0.3) is 10.0 Å². The zero-order valence-corrected chi connectivity index (χ0v) is 12.2. The first-order chi connectivity index (χ1) is 10.0. The average Bonchev–Trinajstić information content (AvgIpc) is 2.47. The molecule has 110 valence electrons. The molecule has 0 bridgehead atoms. The van der Waals surface area contributed by atoms with Crippen LogP contribution in [0.1, 0.15) is 24.2 Å². The number of hydrogen-bond acceptors (Lipinski definition) is 5. The van der Waals surface area contributed by atoms with E-state index in [1.54, 1.807) is 12.1 Å². The van der Waals surface area contributed by atoms with Gasteiger partial charge in [0.2, 0.25) is 0 Å². The van der Waals surface area contributed by atoms with Crippen molar-refractivity contribution >= 4 is 21.5 Å². The lowest BCUT2D eigenvalue weighted by Gasteiger charge is -2.15. The molecule has 6 nitrogen and oxygen atoms in total. The number of nitrogens with one attached hydrogen (secondary N) is 1. The Balaban J connectivity index is 1.87. The van der Waals surface area contributed by atoms with Gasteiger partial charge in [-0.1, -0.05) is 0 Å². The zero-order valence-electron chi connectivity index (χ0n) is 11.4. The third-order valence-electron chi connectivity index (χ3n) is 3.44. The average molecular weight is 304 g/mol. The van der Waals surface area contributed by atoms with E-state index in [1.165, 1.54) is 18.3 Å². The van der Waals surface area contributed by atoms with Crippen LogP contribution in [0.3, 0.4) is 0 Å². The van der Waals surface area contributed by atoms with Crippen LogP contribution in [0.4, 0.5) is 11.5 Å². The van der Waals surface area contributed by atoms with Crippen LogP contribution in [-0.2, 0) is 22.9 Å². The Labute approximate surface area is 123 Å². The standard InChI is InChI=1S/C14H16N4O2S/c15-10-5-7-11(8-6-10)21(19,20)18-14-9-16-12-3-1-2-4-13(12)17-14/h5-9H,1-4,15H2,(H,17,18). The van der Waals surface area contributed by atoms with Crippen LogP contribution in [0.2, 0.25) is 0 Å². The van der Waals surface area contributed by atoms with Crippen molar-refractivity contribution in [2.75, 3.05) is 10.5 Å². The predicted molar refractivity (Wildman–Crippen MR) is 80.3 cm³/mol. The molecule has 7 heteroatoms. The first-order valence-corrected chi connectivity index (χ1v) is 8.26. The maximum atomic E-state index is 12.3. The Hall–Kier alpha value is -2.15. The molecule has 0 fully saturated rings. The predicted octanol–water partition coefficient (Wildman–Crippen LogP) is 1.74. The van der Waals surface area contributed by atoms with Crippen LogP contribution in [-0.4, -0.2) is 18.4 Å². The van der Waals surface area contributed by atoms with Crippen LogP contribution >= 0.6 is 0 Å². The number of nitrogen functional groups attached to an aromatic ring is 1. The lowest BCUT2D eigenvalue weighted by molar-refractivity contribution is 0.600. The molecule has 1 aromatic carbocycles. The third-order valence-corrected chi connectivity index (χ3v) is 4.81. The number of nitrogens with two attached hydrogens (primary N) is 1. The molecule has 0 aliphatic heterocycles. The first kappa shape index (κ1) is 13.8. The second-order valence-electron chi connectivity index (χ2n) is 5.03. The van der Waals surface area contributed by atoms with Crippen LogP contribution in [0.25, 0.3) is 0 Å². The van der Waals surface area contributed by atoms with E-state index in [4.69, 9.17) is 5.73 Å². The molecular weight excluding hydrogens is 288 g/mol. The number of rotatable bonds is 3. The van der Waals surface area contributed by atoms with E-state index in [1.807, 2.05) is 0 Å². The van der Waals surface area contributed by atoms with Crippen molar-refractivity contribution in [3.8, 4) is 0 Å². The Morgan fingerprint density at radius 1 is 1.05 bits per heavy atom. The third kappa shape index (κ3) is 2.97. The molecule has 0 atom stereocenters. The van der Waals surface area contributed by atoms with Gasteiger partial charge >= 0.3 is 0 Å². The van der Waals surface area contributed by atoms with Gasteiger partial charge in [0, 0.05) is 5.69 Å². The highest BCUT2D eigenvalue weighted by Gasteiger charge is 2.17. The van der Waals surface area contributed by atoms with Crippen molar-refractivity contribution in [1.82, 2.24) is 9.97 Å². The topological polar surface area (TPSA) is 98.0 Å². The smallest absolute Gasteiger partial charge is 0.263 e. The summed E-state index contributed by atoms with van der Waals surface area (Å²) in [6, 6.07) is 6.02. The Bertz CT molecular complexity index is 757. The van der Waals surface area contributed by atoms with Crippen molar-refractivity contribution < 1.29 is 8.42 Å². The number of aromatic nitrogens is 2. The summed E-state index contributed by atoms with van der Waals surface area (Å²) in [7, 11) is -3.66. The molecule has 0 saturated carbocycles. The van der Waals surface area contributed by atoms with Gasteiger partial charge in [-0.15, -0.1) is 0 Å². The lowest BCUT2D eigenvalue weighted by Crippen LogP contribution is -2.16. The monoisotopic (exact) mass is 304 g/mol. The molecule has 0 unspecified atom stereocenters. The molecule has 0 amide bonds. The molecular formula is C14H16N4O2S. The van der Waals surface area contributed by atoms with E-state index in [0.717, 1.165) is 37.1 Å². The van der Waals surface area contributed by atoms with E-state index in [9.17, 15) is 8.42 Å². The number of benzene rings is 1. The largest absolute Gasteiger partial charge is 0.399 e. The van der Waals surface area contributed by atoms with Crippen LogP contribution in [0.15, 0.2) is 35.4 Å². The van der Waals surface area contributed by atoms with E-state index in [-0.39, 0.29) is 10.7 Å². The van der Waals surface area contributed by atoms with Gasteiger partial charge in [0.1, 0.15) is 0 Å². The molecule has 1 aliphatic carbocycles. The van der Waals surface area contributed by atoms with Gasteiger partial charge in [-0.2, -0.15) is 0 Å². The molecule has 2 aromatic rings. The van der Waals surface area contributed by atoms with Gasteiger partial charge in [0.15, 0.2) is 5.82 Å². The number of fused-ring (bicyclic) bond motifs is 1. The summed E-state index contributed by atoms with van der Waals surface area (Å²) >= 11 is 0. The highest BCUT2D eigenvalue weighted by Crippen LogP contribution is 2.20. The molecule has 3 N–H and O–H groups in total. The van der Waals surface area contributed by atoms with Crippen molar-refractivity contribution in [3.05, 3.63) is 41.9 Å². The number of aryl methyl sites for hydroxylation is 2. The number of sulfonamides is 1. The first-order valence-electron chi connectivity index (χ1n) is 6.78. The normalized spacial score (nSPS) is 14.5. The number of anilines is 2. The Kier molecular flexibility index (Phi) is 3.50. The van der Waals surface area contributed by atoms with E-state index >= 15 is 0 Å². The number of hydrogen-bond donors (Lipinski definition) is 2. The molecule has 0 spiro atoms. The second kappa shape index (κ2) is 5.33. The van der Waals surface area contributed by atoms with Crippen molar-refractivity contribution in [2.45, 2.75) is 30.6 Å². The fourth-order valence-electron chi connectivity index (χ4n) is 2.34. The summed E-state index contributed by atoms with van der Waals surface area (Å²) in [5, 5.41) is 0. The van der Waals surface area contributed by atoms with Crippen molar-refractivity contribution in [2.24, 2.45) is 0 Å². The van der Waals surface area contributed by atoms with Crippen LogP contribution < -0.4 is 10.5 Å². The summed E-state index contributed by atoms with van der Waals surface area (Å²) in [6.45, 7) is 0. The highest BCUT2D eigenvalue weighted by atomic mass is 32.2. The fourth-order valence-corrected chi connectivity index (χ4v) is 3.32. The molecule has 1 aliphatic rings. The van der Waals surface area contributed by atoms with Gasteiger partial charge in [-0.3, -0.25) is 9.71 Å². The minimum absolute atomic E-state index is 0.149. The second-order valence-corrected chi connectivity index (χ2v) is 6.71. The maximum Gasteiger partial charge on any atom is 0.263 e. The van der Waals surface area contributed by atoms with Crippen molar-refractivity contribution in [1.29, 1.82) is 0 Å². The van der Waals surface area contributed by atoms with E-state index in [0.29, 0.717) is 5.69 Å². The van der Waals surface area contributed by atoms with Gasteiger partial charge in [-0.25, -0.2) is 13.4 Å². The summed E-state index contributed by atoms with van der Waals surface area (Å²) in [5.74, 6) is 0.257. The summed E-state index contributed by atoms with van der Waals surface area (Å²) in [5.41, 5.74) is 7.93. The molecule has 3 rings (SSSR count). The quantitative estimate of drug-likeness (QED) is 0.842. The minimum Gasteiger partial charge on any atom is -0.399 e. The molecule has 21 heavy (non-hydrogen) atoms. The molecule has 1 heterocycles. The highest BCUT2D eigenvalue weighted by molar-refractivity contribution is 7.92. The van der Waals surface area contributed by atoms with Crippen LogP contribution in [0, 0.1) is 0 Å². The summed E-state index contributed by atoms with van der Waals surface area (Å²) in [4.78, 5) is 8.82. The van der Waals surface area contributed by atoms with Gasteiger partial charge in [-0.05, 0) is 49.9 Å². The minimum atomic E-state index is -3.66. The zero-order chi connectivity index (χ0) is 14.9. The van der Waals surface area contributed by atoms with E-state index in [2.05, 4.69) is 14.7 Å². The molecule has 0 radical (unpaired) electrons.